The number of methoxy groups -OCH3 is 1. The van der Waals surface area contributed by atoms with E-state index in [4.69, 9.17) is 5.73 Å². The highest BCUT2D eigenvalue weighted by Gasteiger charge is 2.19. The molecule has 2 N–H and O–H groups in total. The van der Waals surface area contributed by atoms with Gasteiger partial charge in [-0.2, -0.15) is 0 Å². The number of carbonyl (C=O) groups is 1. The lowest BCUT2D eigenvalue weighted by Gasteiger charge is -2.10. The Kier molecular flexibility index (Phi) is 6.07. The van der Waals surface area contributed by atoms with Crippen LogP contribution in [0.2, 0.25) is 0 Å². The molecule has 0 aromatic heterocycles. The first-order chi connectivity index (χ1) is 6.56. The minimum Gasteiger partial charge on any atom is -0.468 e. The zero-order valence-corrected chi connectivity index (χ0v) is 10.8. The summed E-state index contributed by atoms with van der Waals surface area (Å²) in [6.07, 6.45) is 0. The third-order valence-electron chi connectivity index (χ3n) is 1.75. The van der Waals surface area contributed by atoms with Crippen molar-refractivity contribution < 1.29 is 13.9 Å². The summed E-state index contributed by atoms with van der Waals surface area (Å²) in [5.74, 6) is -1.14. The Hall–Kier alpha value is -0.400. The molecule has 1 aromatic carbocycles. The van der Waals surface area contributed by atoms with Crippen LogP contribution < -0.4 is 5.73 Å². The van der Waals surface area contributed by atoms with Crippen molar-refractivity contribution in [2.45, 2.75) is 6.04 Å². The Bertz CT molecular complexity index is 362. The maximum atomic E-state index is 13.2. The monoisotopic (exact) mass is 345 g/mol. The minimum absolute atomic E-state index is 0. The van der Waals surface area contributed by atoms with E-state index in [0.29, 0.717) is 0 Å². The average molecular weight is 346 g/mol. The SMILES string of the molecule is COC(=O)[C@@H](N)c1cc(I)ccc1F.Cl. The summed E-state index contributed by atoms with van der Waals surface area (Å²) >= 11 is 2.02. The largest absolute Gasteiger partial charge is 0.468 e. The van der Waals surface area contributed by atoms with Crippen LogP contribution in [0.1, 0.15) is 11.6 Å². The van der Waals surface area contributed by atoms with E-state index < -0.39 is 17.8 Å². The highest BCUT2D eigenvalue weighted by Crippen LogP contribution is 2.18. The number of rotatable bonds is 2. The fourth-order valence-corrected chi connectivity index (χ4v) is 1.52. The van der Waals surface area contributed by atoms with Gasteiger partial charge >= 0.3 is 5.97 Å². The van der Waals surface area contributed by atoms with Crippen molar-refractivity contribution in [3.63, 3.8) is 0 Å². The molecule has 0 saturated carbocycles. The fourth-order valence-electron chi connectivity index (χ4n) is 1.01. The second kappa shape index (κ2) is 6.24. The quantitative estimate of drug-likeness (QED) is 0.659. The summed E-state index contributed by atoms with van der Waals surface area (Å²) in [5, 5.41) is 0. The summed E-state index contributed by atoms with van der Waals surface area (Å²) in [4.78, 5) is 11.1. The molecule has 0 radical (unpaired) electrons. The lowest BCUT2D eigenvalue weighted by molar-refractivity contribution is -0.142. The smallest absolute Gasteiger partial charge is 0.327 e. The van der Waals surface area contributed by atoms with E-state index in [1.165, 1.54) is 19.2 Å². The lowest BCUT2D eigenvalue weighted by Crippen LogP contribution is -2.23. The molecule has 0 amide bonds. The van der Waals surface area contributed by atoms with Crippen molar-refractivity contribution in [3.8, 4) is 0 Å². The van der Waals surface area contributed by atoms with Crippen LogP contribution in [-0.2, 0) is 9.53 Å². The van der Waals surface area contributed by atoms with Gasteiger partial charge < -0.3 is 10.5 Å². The van der Waals surface area contributed by atoms with Crippen LogP contribution in [0.25, 0.3) is 0 Å². The van der Waals surface area contributed by atoms with Crippen LogP contribution in [0.5, 0.6) is 0 Å². The minimum atomic E-state index is -1.06. The highest BCUT2D eigenvalue weighted by molar-refractivity contribution is 14.1. The Labute approximate surface area is 107 Å². The van der Waals surface area contributed by atoms with E-state index >= 15 is 0 Å². The summed E-state index contributed by atoms with van der Waals surface area (Å²) in [6.45, 7) is 0. The number of carbonyl (C=O) groups excluding carboxylic acids is 1. The van der Waals surface area contributed by atoms with Crippen LogP contribution in [0.4, 0.5) is 4.39 Å². The van der Waals surface area contributed by atoms with Crippen LogP contribution in [0.15, 0.2) is 18.2 Å². The predicted molar refractivity (Wildman–Crippen MR) is 65.3 cm³/mol. The van der Waals surface area contributed by atoms with Gasteiger partial charge in [0.05, 0.1) is 7.11 Å². The van der Waals surface area contributed by atoms with E-state index in [2.05, 4.69) is 4.74 Å². The van der Waals surface area contributed by atoms with Crippen LogP contribution in [-0.4, -0.2) is 13.1 Å². The summed E-state index contributed by atoms with van der Waals surface area (Å²) in [6, 6.07) is 3.34. The number of nitrogens with two attached hydrogens (primary N) is 1. The maximum Gasteiger partial charge on any atom is 0.327 e. The first kappa shape index (κ1) is 14.6. The van der Waals surface area contributed by atoms with Crippen molar-refractivity contribution in [3.05, 3.63) is 33.1 Å². The van der Waals surface area contributed by atoms with Crippen molar-refractivity contribution in [2.75, 3.05) is 7.11 Å². The van der Waals surface area contributed by atoms with Gasteiger partial charge in [0.2, 0.25) is 0 Å². The van der Waals surface area contributed by atoms with E-state index in [1.54, 1.807) is 6.07 Å². The van der Waals surface area contributed by atoms with Gasteiger partial charge in [-0.15, -0.1) is 12.4 Å². The summed E-state index contributed by atoms with van der Waals surface area (Å²) < 4.78 is 18.5. The van der Waals surface area contributed by atoms with Crippen LogP contribution in [0, 0.1) is 9.39 Å². The Morgan fingerprint density at radius 3 is 2.73 bits per heavy atom. The molecule has 0 saturated heterocycles. The fraction of sp³-hybridized carbons (Fsp3) is 0.222. The highest BCUT2D eigenvalue weighted by atomic mass is 127. The number of halogens is 3. The topological polar surface area (TPSA) is 52.3 Å². The summed E-state index contributed by atoms with van der Waals surface area (Å²) in [7, 11) is 1.22. The van der Waals surface area contributed by atoms with E-state index in [9.17, 15) is 9.18 Å². The molecule has 0 unspecified atom stereocenters. The molecule has 0 heterocycles. The molecule has 0 aliphatic carbocycles. The van der Waals surface area contributed by atoms with E-state index in [-0.39, 0.29) is 18.0 Å². The number of hydrogen-bond donors (Lipinski definition) is 1. The molecule has 15 heavy (non-hydrogen) atoms. The Morgan fingerprint density at radius 1 is 1.60 bits per heavy atom. The normalized spacial score (nSPS) is 11.5. The van der Waals surface area contributed by atoms with Gasteiger partial charge in [0, 0.05) is 9.13 Å². The van der Waals surface area contributed by atoms with Crippen molar-refractivity contribution >= 4 is 41.0 Å². The first-order valence-electron chi connectivity index (χ1n) is 3.84. The molecular weight excluding hydrogens is 335 g/mol. The zero-order chi connectivity index (χ0) is 10.7. The molecule has 0 aliphatic rings. The van der Waals surface area contributed by atoms with Crippen molar-refractivity contribution in [1.82, 2.24) is 0 Å². The number of hydrogen-bond acceptors (Lipinski definition) is 3. The Morgan fingerprint density at radius 2 is 2.20 bits per heavy atom. The average Bonchev–Trinajstić information content (AvgIpc) is 2.19. The molecule has 1 aromatic rings. The van der Waals surface area contributed by atoms with Crippen molar-refractivity contribution in [2.24, 2.45) is 5.73 Å². The van der Waals surface area contributed by atoms with E-state index in [0.717, 1.165) is 3.57 Å². The second-order valence-corrected chi connectivity index (χ2v) is 3.91. The van der Waals surface area contributed by atoms with Gasteiger partial charge in [0.1, 0.15) is 11.9 Å². The predicted octanol–water partition coefficient (Wildman–Crippen LogP) is 2.02. The zero-order valence-electron chi connectivity index (χ0n) is 7.87. The first-order valence-corrected chi connectivity index (χ1v) is 4.92. The Balaban J connectivity index is 0.00000196. The molecule has 0 spiro atoms. The molecule has 1 atom stereocenters. The molecule has 3 nitrogen and oxygen atoms in total. The number of benzene rings is 1. The van der Waals surface area contributed by atoms with Crippen molar-refractivity contribution in [1.29, 1.82) is 0 Å². The molecule has 1 rings (SSSR count). The molecule has 0 fully saturated rings. The van der Waals surface area contributed by atoms with Gasteiger partial charge in [0.15, 0.2) is 0 Å². The third-order valence-corrected chi connectivity index (χ3v) is 2.42. The van der Waals surface area contributed by atoms with Crippen LogP contribution >= 0.6 is 35.0 Å². The van der Waals surface area contributed by atoms with Gasteiger partial charge in [0.25, 0.3) is 0 Å². The maximum absolute atomic E-state index is 13.2. The molecular formula is C9H10ClFINO2. The molecule has 6 heteroatoms. The van der Waals surface area contributed by atoms with Gasteiger partial charge in [-0.3, -0.25) is 4.79 Å². The van der Waals surface area contributed by atoms with Gasteiger partial charge in [-0.05, 0) is 40.8 Å². The molecule has 84 valence electrons. The van der Waals surface area contributed by atoms with Gasteiger partial charge in [-0.1, -0.05) is 0 Å². The number of esters is 1. The lowest BCUT2D eigenvalue weighted by atomic mass is 10.1. The second-order valence-electron chi connectivity index (χ2n) is 2.67. The van der Waals surface area contributed by atoms with Gasteiger partial charge in [-0.25, -0.2) is 4.39 Å². The van der Waals surface area contributed by atoms with Crippen LogP contribution in [0.3, 0.4) is 0 Å². The molecule has 0 bridgehead atoms. The summed E-state index contributed by atoms with van der Waals surface area (Å²) in [5.41, 5.74) is 5.66. The van der Waals surface area contributed by atoms with E-state index in [1.807, 2.05) is 22.6 Å². The third kappa shape index (κ3) is 3.58. The number of ether oxygens (including phenoxy) is 1. The molecule has 0 aliphatic heterocycles. The standard InChI is InChI=1S/C9H9FINO2.ClH/c1-14-9(13)8(12)6-4-5(11)2-3-7(6)10;/h2-4,8H,12H2,1H3;1H/t8-;/m0./s1.